The van der Waals surface area contributed by atoms with Gasteiger partial charge in [0.1, 0.15) is 6.04 Å². The van der Waals surface area contributed by atoms with E-state index in [1.807, 2.05) is 6.07 Å². The van der Waals surface area contributed by atoms with Gasteiger partial charge in [0.2, 0.25) is 0 Å². The van der Waals surface area contributed by atoms with Gasteiger partial charge in [0.05, 0.1) is 17.2 Å². The molecule has 0 aromatic heterocycles. The molecule has 0 spiro atoms. The van der Waals surface area contributed by atoms with Gasteiger partial charge in [-0.25, -0.2) is 4.79 Å². The van der Waals surface area contributed by atoms with E-state index in [0.29, 0.717) is 11.1 Å². The van der Waals surface area contributed by atoms with Crippen molar-refractivity contribution < 1.29 is 27.9 Å². The summed E-state index contributed by atoms with van der Waals surface area (Å²) in [6.45, 7) is 0. The van der Waals surface area contributed by atoms with Crippen molar-refractivity contribution in [1.29, 1.82) is 5.26 Å². The van der Waals surface area contributed by atoms with Crippen LogP contribution in [0.2, 0.25) is 0 Å². The Hall–Kier alpha value is -3.34. The van der Waals surface area contributed by atoms with Crippen molar-refractivity contribution >= 4 is 11.9 Å². The van der Waals surface area contributed by atoms with Crippen LogP contribution in [0, 0.1) is 11.3 Å². The van der Waals surface area contributed by atoms with Gasteiger partial charge in [0.15, 0.2) is 0 Å². The second-order valence-electron chi connectivity index (χ2n) is 5.45. The van der Waals surface area contributed by atoms with E-state index in [4.69, 9.17) is 5.26 Å². The number of aliphatic carboxylic acids is 1. The van der Waals surface area contributed by atoms with E-state index < -0.39 is 29.7 Å². The third-order valence-corrected chi connectivity index (χ3v) is 3.60. The Morgan fingerprint density at radius 3 is 2.12 bits per heavy atom. The smallest absolute Gasteiger partial charge is 0.416 e. The minimum Gasteiger partial charge on any atom is -0.480 e. The molecule has 2 aromatic carbocycles. The number of nitriles is 1. The monoisotopic (exact) mass is 362 g/mol. The van der Waals surface area contributed by atoms with Gasteiger partial charge in [-0.1, -0.05) is 12.1 Å². The highest BCUT2D eigenvalue weighted by atomic mass is 19.4. The van der Waals surface area contributed by atoms with Crippen LogP contribution in [0.15, 0.2) is 48.5 Å². The lowest BCUT2D eigenvalue weighted by atomic mass is 10.0. The molecule has 8 heteroatoms. The Bertz CT molecular complexity index is 838. The maximum Gasteiger partial charge on any atom is 0.416 e. The number of hydrogen-bond donors (Lipinski definition) is 2. The number of carboxylic acid groups (broad SMARTS) is 1. The molecule has 1 amide bonds. The molecule has 2 N–H and O–H groups in total. The average molecular weight is 362 g/mol. The van der Waals surface area contributed by atoms with Crippen LogP contribution in [0.3, 0.4) is 0 Å². The highest BCUT2D eigenvalue weighted by molar-refractivity contribution is 5.96. The fourth-order valence-electron chi connectivity index (χ4n) is 2.20. The number of alkyl halides is 3. The number of rotatable bonds is 5. The minimum absolute atomic E-state index is 0.0343. The second-order valence-corrected chi connectivity index (χ2v) is 5.45. The molecule has 134 valence electrons. The van der Waals surface area contributed by atoms with Crippen LogP contribution in [0.25, 0.3) is 0 Å². The fourth-order valence-corrected chi connectivity index (χ4v) is 2.20. The quantitative estimate of drug-likeness (QED) is 0.856. The third-order valence-electron chi connectivity index (χ3n) is 3.60. The van der Waals surface area contributed by atoms with Crippen LogP contribution >= 0.6 is 0 Å². The van der Waals surface area contributed by atoms with Crippen LogP contribution in [0.1, 0.15) is 27.0 Å². The molecule has 2 aromatic rings. The number of benzene rings is 2. The van der Waals surface area contributed by atoms with Gasteiger partial charge in [0.25, 0.3) is 5.91 Å². The van der Waals surface area contributed by atoms with Crippen molar-refractivity contribution in [2.45, 2.75) is 18.6 Å². The molecule has 2 rings (SSSR count). The molecule has 0 unspecified atom stereocenters. The predicted octanol–water partition coefficient (Wildman–Crippen LogP) is 3.00. The molecule has 0 radical (unpaired) electrons. The summed E-state index contributed by atoms with van der Waals surface area (Å²) in [4.78, 5) is 23.5. The highest BCUT2D eigenvalue weighted by Gasteiger charge is 2.30. The number of nitrogens with zero attached hydrogens (tertiary/aromatic N) is 1. The molecular weight excluding hydrogens is 349 g/mol. The van der Waals surface area contributed by atoms with E-state index in [1.54, 1.807) is 12.1 Å². The Labute approximate surface area is 146 Å². The topological polar surface area (TPSA) is 90.2 Å². The summed E-state index contributed by atoms with van der Waals surface area (Å²) in [5.41, 5.74) is 0.0176. The zero-order valence-electron chi connectivity index (χ0n) is 13.2. The molecule has 26 heavy (non-hydrogen) atoms. The summed E-state index contributed by atoms with van der Waals surface area (Å²) in [6, 6.07) is 10.3. The fraction of sp³-hybridized carbons (Fsp3) is 0.167. The Kier molecular flexibility index (Phi) is 5.62. The van der Waals surface area contributed by atoms with Gasteiger partial charge in [-0.15, -0.1) is 0 Å². The predicted molar refractivity (Wildman–Crippen MR) is 85.2 cm³/mol. The number of nitrogens with one attached hydrogen (secondary N) is 1. The first-order valence-electron chi connectivity index (χ1n) is 7.40. The molecule has 0 aliphatic heterocycles. The van der Waals surface area contributed by atoms with Crippen LogP contribution in [-0.2, 0) is 17.4 Å². The first kappa shape index (κ1) is 19.0. The molecule has 0 saturated carbocycles. The zero-order valence-corrected chi connectivity index (χ0v) is 13.2. The lowest BCUT2D eigenvalue weighted by Gasteiger charge is -2.15. The van der Waals surface area contributed by atoms with Crippen LogP contribution in [-0.4, -0.2) is 23.0 Å². The molecular formula is C18H13F3N2O3. The number of hydrogen-bond acceptors (Lipinski definition) is 3. The Morgan fingerprint density at radius 1 is 1.08 bits per heavy atom. The molecule has 1 atom stereocenters. The van der Waals surface area contributed by atoms with E-state index in [1.165, 1.54) is 12.1 Å². The maximum atomic E-state index is 12.5. The van der Waals surface area contributed by atoms with E-state index >= 15 is 0 Å². The largest absolute Gasteiger partial charge is 0.480 e. The van der Waals surface area contributed by atoms with Crippen LogP contribution < -0.4 is 5.32 Å². The number of halogens is 3. The van der Waals surface area contributed by atoms with Gasteiger partial charge >= 0.3 is 12.1 Å². The number of carboxylic acids is 1. The minimum atomic E-state index is -4.52. The molecule has 0 aliphatic rings. The Morgan fingerprint density at radius 2 is 1.65 bits per heavy atom. The lowest BCUT2D eigenvalue weighted by Crippen LogP contribution is -2.42. The van der Waals surface area contributed by atoms with Crippen molar-refractivity contribution in [1.82, 2.24) is 5.32 Å². The molecule has 0 fully saturated rings. The highest BCUT2D eigenvalue weighted by Crippen LogP contribution is 2.29. The van der Waals surface area contributed by atoms with Gasteiger partial charge < -0.3 is 10.4 Å². The van der Waals surface area contributed by atoms with E-state index in [9.17, 15) is 27.9 Å². The first-order valence-corrected chi connectivity index (χ1v) is 7.40. The Balaban J connectivity index is 2.10. The number of carbonyl (C=O) groups excluding carboxylic acids is 1. The summed E-state index contributed by atoms with van der Waals surface area (Å²) >= 11 is 0. The van der Waals surface area contributed by atoms with Crippen molar-refractivity contribution in [3.05, 3.63) is 70.8 Å². The zero-order chi connectivity index (χ0) is 19.3. The molecule has 0 saturated heterocycles. The van der Waals surface area contributed by atoms with Gasteiger partial charge in [0, 0.05) is 12.0 Å². The molecule has 0 aliphatic carbocycles. The molecule has 0 bridgehead atoms. The van der Waals surface area contributed by atoms with Crippen molar-refractivity contribution in [2.75, 3.05) is 0 Å². The van der Waals surface area contributed by atoms with Crippen molar-refractivity contribution in [3.8, 4) is 6.07 Å². The van der Waals surface area contributed by atoms with Gasteiger partial charge in [-0.3, -0.25) is 4.79 Å². The van der Waals surface area contributed by atoms with Crippen LogP contribution in [0.4, 0.5) is 13.2 Å². The average Bonchev–Trinajstić information content (AvgIpc) is 2.61. The van der Waals surface area contributed by atoms with E-state index in [0.717, 1.165) is 24.3 Å². The molecule has 5 nitrogen and oxygen atoms in total. The van der Waals surface area contributed by atoms with E-state index in [2.05, 4.69) is 5.32 Å². The molecule has 0 heterocycles. The summed E-state index contributed by atoms with van der Waals surface area (Å²) in [7, 11) is 0. The third kappa shape index (κ3) is 4.83. The summed E-state index contributed by atoms with van der Waals surface area (Å²) in [5, 5.41) is 20.3. The SMILES string of the molecule is N#Cc1ccc(C[C@@H](NC(=O)c2ccc(C(F)(F)F)cc2)C(=O)O)cc1. The first-order chi connectivity index (χ1) is 12.2. The van der Waals surface area contributed by atoms with Gasteiger partial charge in [-0.2, -0.15) is 18.4 Å². The normalized spacial score (nSPS) is 12.1. The van der Waals surface area contributed by atoms with Gasteiger partial charge in [-0.05, 0) is 42.0 Å². The second kappa shape index (κ2) is 7.70. The summed E-state index contributed by atoms with van der Waals surface area (Å²) in [6.07, 6.45) is -4.55. The number of carbonyl (C=O) groups is 2. The standard InChI is InChI=1S/C18H13F3N2O3/c19-18(20,21)14-7-5-13(6-8-14)16(24)23-15(17(25)26)9-11-1-3-12(10-22)4-2-11/h1-8,15H,9H2,(H,23,24)(H,25,26)/t15-/m1/s1. The van der Waals surface area contributed by atoms with Crippen molar-refractivity contribution in [2.24, 2.45) is 0 Å². The van der Waals surface area contributed by atoms with Crippen LogP contribution in [0.5, 0.6) is 0 Å². The summed E-state index contributed by atoms with van der Waals surface area (Å²) < 4.78 is 37.6. The van der Waals surface area contributed by atoms with Crippen molar-refractivity contribution in [3.63, 3.8) is 0 Å². The summed E-state index contributed by atoms with van der Waals surface area (Å²) in [5.74, 6) is -2.07. The lowest BCUT2D eigenvalue weighted by molar-refractivity contribution is -0.139. The number of amides is 1. The van der Waals surface area contributed by atoms with E-state index in [-0.39, 0.29) is 12.0 Å². The maximum absolute atomic E-state index is 12.5.